The van der Waals surface area contributed by atoms with Crippen LogP contribution < -0.4 is 10.6 Å². The molecule has 0 atom stereocenters. The van der Waals surface area contributed by atoms with Crippen LogP contribution in [0.15, 0.2) is 48.5 Å². The molecule has 1 heterocycles. The lowest BCUT2D eigenvalue weighted by Crippen LogP contribution is -2.16. The van der Waals surface area contributed by atoms with Crippen molar-refractivity contribution in [2.45, 2.75) is 33.6 Å². The fourth-order valence-electron chi connectivity index (χ4n) is 2.94. The molecule has 0 fully saturated rings. The average molecular weight is 378 g/mol. The summed E-state index contributed by atoms with van der Waals surface area (Å²) in [4.78, 5) is 21.3. The van der Waals surface area contributed by atoms with Gasteiger partial charge in [0.2, 0.25) is 5.95 Å². The second-order valence-corrected chi connectivity index (χ2v) is 6.97. The van der Waals surface area contributed by atoms with E-state index in [2.05, 4.69) is 40.5 Å². The molecular weight excluding hydrogens is 355 g/mol. The lowest BCUT2D eigenvalue weighted by Gasteiger charge is -2.17. The Morgan fingerprint density at radius 1 is 1.04 bits per heavy atom. The number of carbonyl (C=O) groups excluding carboxylic acids is 1. The van der Waals surface area contributed by atoms with Gasteiger partial charge in [0.25, 0.3) is 5.91 Å². The number of nitrogens with zero attached hydrogens (tertiary/aromatic N) is 2. The van der Waals surface area contributed by atoms with E-state index in [1.54, 1.807) is 25.1 Å². The summed E-state index contributed by atoms with van der Waals surface area (Å²) in [5.41, 5.74) is 4.05. The van der Waals surface area contributed by atoms with Gasteiger partial charge in [0.1, 0.15) is 11.5 Å². The fourth-order valence-corrected chi connectivity index (χ4v) is 2.94. The van der Waals surface area contributed by atoms with Crippen LogP contribution in [-0.2, 0) is 0 Å². The van der Waals surface area contributed by atoms with Crippen LogP contribution in [0.3, 0.4) is 0 Å². The van der Waals surface area contributed by atoms with E-state index in [1.165, 1.54) is 12.1 Å². The number of rotatable bonds is 5. The number of benzene rings is 2. The van der Waals surface area contributed by atoms with Gasteiger partial charge < -0.3 is 10.6 Å². The number of amides is 1. The minimum atomic E-state index is -0.499. The number of aryl methyl sites for hydroxylation is 2. The third-order valence-electron chi connectivity index (χ3n) is 4.37. The Labute approximate surface area is 164 Å². The van der Waals surface area contributed by atoms with Crippen molar-refractivity contribution < 1.29 is 9.18 Å². The lowest BCUT2D eigenvalue weighted by molar-refractivity contribution is 0.102. The minimum Gasteiger partial charge on any atom is -0.324 e. The zero-order valence-electron chi connectivity index (χ0n) is 16.4. The van der Waals surface area contributed by atoms with Gasteiger partial charge in [-0.2, -0.15) is 0 Å². The summed E-state index contributed by atoms with van der Waals surface area (Å²) in [5, 5.41) is 5.81. The van der Waals surface area contributed by atoms with Gasteiger partial charge in [-0.05, 0) is 49.1 Å². The first kappa shape index (κ1) is 19.5. The van der Waals surface area contributed by atoms with Gasteiger partial charge in [-0.1, -0.05) is 44.2 Å². The van der Waals surface area contributed by atoms with Gasteiger partial charge >= 0.3 is 0 Å². The second kappa shape index (κ2) is 8.17. The molecular formula is C22H23FN4O. The number of carbonyl (C=O) groups is 1. The van der Waals surface area contributed by atoms with Crippen molar-refractivity contribution in [3.8, 4) is 0 Å². The molecule has 2 N–H and O–H groups in total. The Morgan fingerprint density at radius 3 is 2.50 bits per heavy atom. The van der Waals surface area contributed by atoms with Gasteiger partial charge in [0.05, 0.1) is 5.69 Å². The molecule has 0 aliphatic carbocycles. The van der Waals surface area contributed by atoms with E-state index < -0.39 is 11.7 Å². The third kappa shape index (κ3) is 4.34. The van der Waals surface area contributed by atoms with Crippen molar-refractivity contribution in [1.29, 1.82) is 0 Å². The van der Waals surface area contributed by atoms with E-state index in [1.807, 2.05) is 19.1 Å². The lowest BCUT2D eigenvalue weighted by atomic mass is 9.98. The Bertz CT molecular complexity index is 1020. The van der Waals surface area contributed by atoms with Gasteiger partial charge in [0.15, 0.2) is 0 Å². The highest BCUT2D eigenvalue weighted by Gasteiger charge is 2.15. The Hall–Kier alpha value is -3.28. The first-order valence-corrected chi connectivity index (χ1v) is 9.13. The Morgan fingerprint density at radius 2 is 1.79 bits per heavy atom. The van der Waals surface area contributed by atoms with Crippen LogP contribution in [0, 0.1) is 19.7 Å². The summed E-state index contributed by atoms with van der Waals surface area (Å²) in [5.74, 6) is -0.347. The maximum absolute atomic E-state index is 13.8. The molecule has 3 aromatic rings. The number of aromatic nitrogens is 2. The highest BCUT2D eigenvalue weighted by molar-refractivity contribution is 6.03. The summed E-state index contributed by atoms with van der Waals surface area (Å²) < 4.78 is 13.8. The van der Waals surface area contributed by atoms with Gasteiger partial charge in [-0.3, -0.25) is 4.79 Å². The van der Waals surface area contributed by atoms with Crippen molar-refractivity contribution in [2.75, 3.05) is 10.6 Å². The van der Waals surface area contributed by atoms with E-state index >= 15 is 0 Å². The van der Waals surface area contributed by atoms with Crippen molar-refractivity contribution >= 4 is 23.2 Å². The van der Waals surface area contributed by atoms with Crippen molar-refractivity contribution in [1.82, 2.24) is 9.97 Å². The number of halogens is 1. The molecule has 0 spiro atoms. The van der Waals surface area contributed by atoms with E-state index in [0.29, 0.717) is 17.6 Å². The van der Waals surface area contributed by atoms with Gasteiger partial charge in [-0.15, -0.1) is 0 Å². The van der Waals surface area contributed by atoms with Gasteiger partial charge in [0, 0.05) is 11.4 Å². The second-order valence-electron chi connectivity index (χ2n) is 6.97. The summed E-state index contributed by atoms with van der Waals surface area (Å²) in [6.07, 6.45) is 0. The van der Waals surface area contributed by atoms with Crippen LogP contribution in [0.5, 0.6) is 0 Å². The number of para-hydroxylation sites is 2. The van der Waals surface area contributed by atoms with E-state index in [0.717, 1.165) is 16.8 Å². The molecule has 6 heteroatoms. The van der Waals surface area contributed by atoms with Crippen molar-refractivity contribution in [3.05, 3.63) is 76.9 Å². The zero-order chi connectivity index (χ0) is 20.3. The molecule has 0 saturated heterocycles. The largest absolute Gasteiger partial charge is 0.324 e. The molecule has 0 unspecified atom stereocenters. The summed E-state index contributed by atoms with van der Waals surface area (Å²) in [7, 11) is 0. The fraction of sp³-hybridized carbons (Fsp3) is 0.227. The summed E-state index contributed by atoms with van der Waals surface area (Å²) in [6.45, 7) is 8.03. The molecule has 0 saturated carbocycles. The first-order valence-electron chi connectivity index (χ1n) is 9.13. The molecule has 0 bridgehead atoms. The topological polar surface area (TPSA) is 66.9 Å². The SMILES string of the molecule is Cc1cc(C(=O)Nc2ccccc2F)nc(Nc2c(C)cccc2C(C)C)n1. The summed E-state index contributed by atoms with van der Waals surface area (Å²) >= 11 is 0. The molecule has 0 radical (unpaired) electrons. The van der Waals surface area contributed by atoms with Crippen LogP contribution in [0.2, 0.25) is 0 Å². The molecule has 144 valence electrons. The van der Waals surface area contributed by atoms with E-state index in [9.17, 15) is 9.18 Å². The van der Waals surface area contributed by atoms with Crippen molar-refractivity contribution in [3.63, 3.8) is 0 Å². The number of hydrogen-bond donors (Lipinski definition) is 2. The molecule has 1 amide bonds. The number of hydrogen-bond acceptors (Lipinski definition) is 4. The molecule has 1 aromatic heterocycles. The Kier molecular flexibility index (Phi) is 5.68. The van der Waals surface area contributed by atoms with Crippen LogP contribution in [0.4, 0.5) is 21.7 Å². The maximum atomic E-state index is 13.8. The minimum absolute atomic E-state index is 0.110. The molecule has 2 aromatic carbocycles. The van der Waals surface area contributed by atoms with E-state index in [-0.39, 0.29) is 11.4 Å². The standard InChI is InChI=1S/C22H23FN4O/c1-13(2)16-9-7-8-14(3)20(16)27-22-24-15(4)12-19(26-22)21(28)25-18-11-6-5-10-17(18)23/h5-13H,1-4H3,(H,25,28)(H,24,26,27). The highest BCUT2D eigenvalue weighted by Crippen LogP contribution is 2.29. The highest BCUT2D eigenvalue weighted by atomic mass is 19.1. The third-order valence-corrected chi connectivity index (χ3v) is 4.37. The van der Waals surface area contributed by atoms with Crippen LogP contribution >= 0.6 is 0 Å². The molecule has 5 nitrogen and oxygen atoms in total. The monoisotopic (exact) mass is 378 g/mol. The Balaban J connectivity index is 1.91. The maximum Gasteiger partial charge on any atom is 0.274 e. The summed E-state index contributed by atoms with van der Waals surface area (Å²) in [6, 6.07) is 13.7. The van der Waals surface area contributed by atoms with Crippen molar-refractivity contribution in [2.24, 2.45) is 0 Å². The normalized spacial score (nSPS) is 10.8. The zero-order valence-corrected chi connectivity index (χ0v) is 16.4. The average Bonchev–Trinajstić information content (AvgIpc) is 2.64. The first-order chi connectivity index (χ1) is 13.3. The predicted octanol–water partition coefficient (Wildman–Crippen LogP) is 5.35. The molecule has 0 aliphatic rings. The molecule has 28 heavy (non-hydrogen) atoms. The molecule has 0 aliphatic heterocycles. The quantitative estimate of drug-likeness (QED) is 0.628. The van der Waals surface area contributed by atoms with Crippen LogP contribution in [0.1, 0.15) is 47.1 Å². The van der Waals surface area contributed by atoms with E-state index in [4.69, 9.17) is 0 Å². The number of anilines is 3. The smallest absolute Gasteiger partial charge is 0.274 e. The molecule has 3 rings (SSSR count). The predicted molar refractivity (Wildman–Crippen MR) is 110 cm³/mol. The van der Waals surface area contributed by atoms with Crippen LogP contribution in [-0.4, -0.2) is 15.9 Å². The number of nitrogens with one attached hydrogen (secondary N) is 2. The van der Waals surface area contributed by atoms with Gasteiger partial charge in [-0.25, -0.2) is 14.4 Å². The van der Waals surface area contributed by atoms with Crippen LogP contribution in [0.25, 0.3) is 0 Å².